The summed E-state index contributed by atoms with van der Waals surface area (Å²) in [6, 6.07) is 0. The number of rotatable bonds is 2. The van der Waals surface area contributed by atoms with Gasteiger partial charge in [0.1, 0.15) is 0 Å². The van der Waals surface area contributed by atoms with Crippen molar-refractivity contribution in [2.75, 3.05) is 0 Å². The Bertz CT molecular complexity index is 472. The molecule has 0 heterocycles. The summed E-state index contributed by atoms with van der Waals surface area (Å²) in [5.41, 5.74) is 2.55. The van der Waals surface area contributed by atoms with E-state index in [-0.39, 0.29) is 0 Å². The first-order valence-corrected chi connectivity index (χ1v) is 6.29. The lowest BCUT2D eigenvalue weighted by molar-refractivity contribution is 0.646. The summed E-state index contributed by atoms with van der Waals surface area (Å²) < 4.78 is 0. The van der Waals surface area contributed by atoms with E-state index in [1.54, 1.807) is 0 Å². The molecule has 2 unspecified atom stereocenters. The maximum atomic E-state index is 3.52. The molecule has 0 aromatic heterocycles. The molecule has 86 valence electrons. The van der Waals surface area contributed by atoms with Crippen LogP contribution in [0.2, 0.25) is 0 Å². The summed E-state index contributed by atoms with van der Waals surface area (Å²) in [5.74, 6) is 1.07. The lowest BCUT2D eigenvalue weighted by atomic mass is 9.84. The van der Waals surface area contributed by atoms with Gasteiger partial charge in [0.25, 0.3) is 0 Å². The van der Waals surface area contributed by atoms with Crippen molar-refractivity contribution in [3.63, 3.8) is 0 Å². The summed E-state index contributed by atoms with van der Waals surface area (Å²) in [6.45, 7) is 0. The van der Waals surface area contributed by atoms with Gasteiger partial charge < -0.3 is 5.32 Å². The van der Waals surface area contributed by atoms with Crippen molar-refractivity contribution in [3.05, 3.63) is 72.2 Å². The van der Waals surface area contributed by atoms with Gasteiger partial charge in [-0.1, -0.05) is 48.6 Å². The maximum absolute atomic E-state index is 3.52. The van der Waals surface area contributed by atoms with Gasteiger partial charge >= 0.3 is 0 Å². The Labute approximate surface area is 103 Å². The summed E-state index contributed by atoms with van der Waals surface area (Å²) in [5, 5.41) is 3.52. The number of hydrogen-bond donors (Lipinski definition) is 1. The highest BCUT2D eigenvalue weighted by Crippen LogP contribution is 2.27. The fourth-order valence-corrected chi connectivity index (χ4v) is 2.45. The van der Waals surface area contributed by atoms with Gasteiger partial charge in [-0.25, -0.2) is 0 Å². The zero-order valence-corrected chi connectivity index (χ0v) is 9.84. The Balaban J connectivity index is 1.72. The van der Waals surface area contributed by atoms with E-state index in [0.717, 1.165) is 12.8 Å². The van der Waals surface area contributed by atoms with Crippen molar-refractivity contribution in [3.8, 4) is 0 Å². The largest absolute Gasteiger partial charge is 0.359 e. The van der Waals surface area contributed by atoms with Gasteiger partial charge in [0.2, 0.25) is 0 Å². The predicted molar refractivity (Wildman–Crippen MR) is 72.1 cm³/mol. The molecular weight excluding hydrogens is 206 g/mol. The first-order chi connectivity index (χ1) is 8.42. The summed E-state index contributed by atoms with van der Waals surface area (Å²) in [7, 11) is 0. The number of nitrogens with one attached hydrogen (secondary N) is 1. The quantitative estimate of drug-likeness (QED) is 0.754. The van der Waals surface area contributed by atoms with Crippen molar-refractivity contribution in [2.24, 2.45) is 11.8 Å². The molecule has 0 bridgehead atoms. The molecule has 1 N–H and O–H groups in total. The topological polar surface area (TPSA) is 12.0 Å². The minimum absolute atomic E-state index is 0.521. The molecule has 0 aromatic carbocycles. The molecule has 0 saturated carbocycles. The molecule has 3 aliphatic rings. The van der Waals surface area contributed by atoms with Crippen molar-refractivity contribution in [1.82, 2.24) is 5.32 Å². The smallest absolute Gasteiger partial charge is 0.0344 e. The normalized spacial score (nSPS) is 29.6. The van der Waals surface area contributed by atoms with Crippen LogP contribution < -0.4 is 5.32 Å². The predicted octanol–water partition coefficient (Wildman–Crippen LogP) is 3.62. The maximum Gasteiger partial charge on any atom is 0.0344 e. The Morgan fingerprint density at radius 2 is 1.88 bits per heavy atom. The summed E-state index contributed by atoms with van der Waals surface area (Å²) >= 11 is 0. The van der Waals surface area contributed by atoms with Crippen LogP contribution in [0.5, 0.6) is 0 Å². The Hall–Kier alpha value is -1.76. The van der Waals surface area contributed by atoms with E-state index in [1.165, 1.54) is 11.4 Å². The third kappa shape index (κ3) is 2.33. The van der Waals surface area contributed by atoms with Crippen LogP contribution in [0.3, 0.4) is 0 Å². The minimum atomic E-state index is 0.521. The monoisotopic (exact) mass is 223 g/mol. The molecule has 1 heteroatoms. The second-order valence-electron chi connectivity index (χ2n) is 4.69. The van der Waals surface area contributed by atoms with Gasteiger partial charge in [0.15, 0.2) is 0 Å². The van der Waals surface area contributed by atoms with Crippen LogP contribution in [0.1, 0.15) is 12.8 Å². The van der Waals surface area contributed by atoms with Crippen molar-refractivity contribution in [2.45, 2.75) is 12.8 Å². The molecule has 2 atom stereocenters. The van der Waals surface area contributed by atoms with Crippen LogP contribution in [0, 0.1) is 11.8 Å². The highest BCUT2D eigenvalue weighted by Gasteiger charge is 2.17. The molecule has 1 nitrogen and oxygen atoms in total. The average Bonchev–Trinajstić information content (AvgIpc) is 2.40. The van der Waals surface area contributed by atoms with Gasteiger partial charge in [-0.2, -0.15) is 0 Å². The Kier molecular flexibility index (Phi) is 2.83. The van der Waals surface area contributed by atoms with E-state index < -0.39 is 0 Å². The number of allylic oxidation sites excluding steroid dienone is 11. The van der Waals surface area contributed by atoms with Crippen LogP contribution >= 0.6 is 0 Å². The van der Waals surface area contributed by atoms with E-state index in [0.29, 0.717) is 11.8 Å². The third-order valence-electron chi connectivity index (χ3n) is 3.41. The summed E-state index contributed by atoms with van der Waals surface area (Å²) in [4.78, 5) is 0. The van der Waals surface area contributed by atoms with E-state index in [4.69, 9.17) is 0 Å². The molecule has 0 aromatic rings. The van der Waals surface area contributed by atoms with E-state index in [1.807, 2.05) is 0 Å². The molecule has 0 spiro atoms. The Morgan fingerprint density at radius 3 is 2.71 bits per heavy atom. The van der Waals surface area contributed by atoms with Crippen molar-refractivity contribution < 1.29 is 0 Å². The lowest BCUT2D eigenvalue weighted by Gasteiger charge is -2.24. The fourth-order valence-electron chi connectivity index (χ4n) is 2.45. The van der Waals surface area contributed by atoms with E-state index in [9.17, 15) is 0 Å². The Morgan fingerprint density at radius 1 is 1.00 bits per heavy atom. The lowest BCUT2D eigenvalue weighted by Crippen LogP contribution is -2.19. The van der Waals surface area contributed by atoms with Crippen LogP contribution in [-0.2, 0) is 0 Å². The number of hydrogen-bond acceptors (Lipinski definition) is 1. The average molecular weight is 223 g/mol. The molecule has 3 aliphatic carbocycles. The van der Waals surface area contributed by atoms with Gasteiger partial charge in [-0.05, 0) is 25.0 Å². The van der Waals surface area contributed by atoms with E-state index >= 15 is 0 Å². The fraction of sp³-hybridized carbons (Fsp3) is 0.250. The molecule has 0 saturated heterocycles. The molecule has 17 heavy (non-hydrogen) atoms. The number of fused-ring (bicyclic) bond motifs is 1. The zero-order chi connectivity index (χ0) is 11.5. The first kappa shape index (κ1) is 10.4. The van der Waals surface area contributed by atoms with Gasteiger partial charge in [-0.3, -0.25) is 0 Å². The highest BCUT2D eigenvalue weighted by molar-refractivity contribution is 5.35. The first-order valence-electron chi connectivity index (χ1n) is 6.29. The van der Waals surface area contributed by atoms with Gasteiger partial charge in [0, 0.05) is 23.2 Å². The third-order valence-corrected chi connectivity index (χ3v) is 3.41. The standard InChI is InChI=1S/C16H17N/c1-2-8-15(9-3-1)17-16-11-10-13-6-4-5-7-14(13)12-16/h1-2,4-8,10-14,17H,3,9H2. The molecule has 0 amide bonds. The van der Waals surface area contributed by atoms with Crippen LogP contribution in [0.4, 0.5) is 0 Å². The minimum Gasteiger partial charge on any atom is -0.359 e. The summed E-state index contributed by atoms with van der Waals surface area (Å²) in [6.07, 6.45) is 24.4. The second kappa shape index (κ2) is 4.62. The second-order valence-corrected chi connectivity index (χ2v) is 4.69. The molecule has 0 fully saturated rings. The van der Waals surface area contributed by atoms with E-state index in [2.05, 4.69) is 66.1 Å². The van der Waals surface area contributed by atoms with Crippen LogP contribution in [0.25, 0.3) is 0 Å². The molecule has 0 radical (unpaired) electrons. The van der Waals surface area contributed by atoms with Gasteiger partial charge in [0.05, 0.1) is 0 Å². The SMILES string of the molecule is C1=CCCC(NC2=CC3C=CC=CC3C=C2)=C1. The highest BCUT2D eigenvalue weighted by atomic mass is 14.9. The van der Waals surface area contributed by atoms with Crippen LogP contribution in [-0.4, -0.2) is 0 Å². The van der Waals surface area contributed by atoms with Crippen LogP contribution in [0.15, 0.2) is 72.2 Å². The molecular formula is C16H17N. The van der Waals surface area contributed by atoms with Gasteiger partial charge in [-0.15, -0.1) is 0 Å². The molecule has 3 rings (SSSR count). The zero-order valence-electron chi connectivity index (χ0n) is 9.84. The molecule has 0 aliphatic heterocycles. The van der Waals surface area contributed by atoms with Crippen molar-refractivity contribution in [1.29, 1.82) is 0 Å². The van der Waals surface area contributed by atoms with Crippen molar-refractivity contribution >= 4 is 0 Å².